The van der Waals surface area contributed by atoms with Crippen LogP contribution in [0.1, 0.15) is 31.7 Å². The first-order chi connectivity index (χ1) is 10.3. The maximum absolute atomic E-state index is 12.1. The third kappa shape index (κ3) is 3.62. The number of allylic oxidation sites excluding steroid dienone is 1. The van der Waals surface area contributed by atoms with E-state index in [0.29, 0.717) is 6.61 Å². The Hall–Kier alpha value is -1.42. The van der Waals surface area contributed by atoms with Gasteiger partial charge >= 0.3 is 5.97 Å². The average Bonchev–Trinajstić information content (AvgIpc) is 3.23. The molecule has 0 amide bonds. The van der Waals surface area contributed by atoms with Crippen LogP contribution in [0.15, 0.2) is 40.9 Å². The Labute approximate surface area is 130 Å². The summed E-state index contributed by atoms with van der Waals surface area (Å²) in [5, 5.41) is 4.59. The lowest BCUT2D eigenvalue weighted by Crippen LogP contribution is -2.34. The molecule has 0 spiro atoms. The summed E-state index contributed by atoms with van der Waals surface area (Å²) < 4.78 is 5.41. The van der Waals surface area contributed by atoms with Gasteiger partial charge in [0.1, 0.15) is 12.6 Å². The Bertz CT molecular complexity index is 537. The molecule has 1 heterocycles. The molecule has 1 atom stereocenters. The molecule has 112 valence electrons. The highest BCUT2D eigenvalue weighted by Gasteiger charge is 2.33. The first-order valence-electron chi connectivity index (χ1n) is 7.61. The van der Waals surface area contributed by atoms with E-state index in [0.717, 1.165) is 23.7 Å². The minimum Gasteiger partial charge on any atom is -0.459 e. The number of rotatable bonds is 5. The second kappa shape index (κ2) is 6.56. The predicted molar refractivity (Wildman–Crippen MR) is 85.7 cm³/mol. The number of benzene rings is 1. The normalized spacial score (nSPS) is 23.6. The van der Waals surface area contributed by atoms with Gasteiger partial charge in [-0.05, 0) is 36.3 Å². The summed E-state index contributed by atoms with van der Waals surface area (Å²) in [5.41, 5.74) is 2.53. The molecule has 0 radical (unpaired) electrons. The van der Waals surface area contributed by atoms with Gasteiger partial charge in [-0.25, -0.2) is 4.79 Å². The summed E-state index contributed by atoms with van der Waals surface area (Å²) in [6, 6.07) is 9.61. The molecule has 3 nitrogen and oxygen atoms in total. The molecule has 0 bridgehead atoms. The zero-order valence-corrected chi connectivity index (χ0v) is 13.1. The van der Waals surface area contributed by atoms with Crippen molar-refractivity contribution >= 4 is 17.7 Å². The van der Waals surface area contributed by atoms with E-state index in [2.05, 4.69) is 12.2 Å². The smallest absolute Gasteiger partial charge is 0.329 e. The summed E-state index contributed by atoms with van der Waals surface area (Å²) in [7, 11) is 0. The highest BCUT2D eigenvalue weighted by Crippen LogP contribution is 2.42. The van der Waals surface area contributed by atoms with Gasteiger partial charge in [0, 0.05) is 5.75 Å². The van der Waals surface area contributed by atoms with Gasteiger partial charge in [0.15, 0.2) is 0 Å². The first-order valence-corrected chi connectivity index (χ1v) is 8.59. The highest BCUT2D eigenvalue weighted by atomic mass is 32.2. The van der Waals surface area contributed by atoms with E-state index in [-0.39, 0.29) is 12.0 Å². The molecule has 0 aromatic heterocycles. The fourth-order valence-corrected chi connectivity index (χ4v) is 3.89. The fourth-order valence-electron chi connectivity index (χ4n) is 2.62. The number of ether oxygens (including phenoxy) is 1. The molecule has 2 aliphatic rings. The number of hydrogen-bond acceptors (Lipinski definition) is 4. The SMILES string of the molecule is CC/C(=C1\N[C@H](C(=O)OCc2ccccc2)CS1)C1CC1. The van der Waals surface area contributed by atoms with Crippen molar-refractivity contribution in [3.05, 3.63) is 46.5 Å². The molecular weight excluding hydrogens is 282 g/mol. The van der Waals surface area contributed by atoms with Crippen molar-refractivity contribution in [3.63, 3.8) is 0 Å². The largest absolute Gasteiger partial charge is 0.459 e. The van der Waals surface area contributed by atoms with E-state index in [1.165, 1.54) is 23.4 Å². The minimum absolute atomic E-state index is 0.146. The summed E-state index contributed by atoms with van der Waals surface area (Å²) in [6.45, 7) is 2.55. The lowest BCUT2D eigenvalue weighted by atomic mass is 10.1. The molecule has 1 saturated carbocycles. The van der Waals surface area contributed by atoms with Crippen molar-refractivity contribution in [2.45, 2.75) is 38.8 Å². The van der Waals surface area contributed by atoms with Gasteiger partial charge < -0.3 is 10.1 Å². The third-order valence-corrected chi connectivity index (χ3v) is 5.12. The predicted octanol–water partition coefficient (Wildman–Crippen LogP) is 3.47. The molecule has 2 fully saturated rings. The molecule has 1 aliphatic heterocycles. The van der Waals surface area contributed by atoms with Crippen LogP contribution >= 0.6 is 11.8 Å². The summed E-state index contributed by atoms with van der Waals surface area (Å²) in [5.74, 6) is 1.39. The maximum atomic E-state index is 12.1. The first kappa shape index (κ1) is 14.5. The van der Waals surface area contributed by atoms with Crippen LogP contribution in [0.4, 0.5) is 0 Å². The molecule has 1 aromatic carbocycles. The van der Waals surface area contributed by atoms with Crippen molar-refractivity contribution in [2.75, 3.05) is 5.75 Å². The zero-order chi connectivity index (χ0) is 14.7. The lowest BCUT2D eigenvalue weighted by molar-refractivity contribution is -0.146. The van der Waals surface area contributed by atoms with Crippen LogP contribution < -0.4 is 5.32 Å². The number of carbonyl (C=O) groups excluding carboxylic acids is 1. The van der Waals surface area contributed by atoms with Crippen LogP contribution in [0, 0.1) is 5.92 Å². The molecule has 4 heteroatoms. The molecular formula is C17H21NO2S. The van der Waals surface area contributed by atoms with Crippen LogP contribution in [0.2, 0.25) is 0 Å². The van der Waals surface area contributed by atoms with E-state index in [1.807, 2.05) is 30.3 Å². The van der Waals surface area contributed by atoms with Crippen molar-refractivity contribution in [3.8, 4) is 0 Å². The van der Waals surface area contributed by atoms with E-state index in [4.69, 9.17) is 4.74 Å². The van der Waals surface area contributed by atoms with Crippen LogP contribution in [0.3, 0.4) is 0 Å². The molecule has 21 heavy (non-hydrogen) atoms. The monoisotopic (exact) mass is 303 g/mol. The van der Waals surface area contributed by atoms with Crippen LogP contribution in [0.5, 0.6) is 0 Å². The second-order valence-corrected chi connectivity index (χ2v) is 6.61. The summed E-state index contributed by atoms with van der Waals surface area (Å²) >= 11 is 1.77. The van der Waals surface area contributed by atoms with E-state index < -0.39 is 0 Å². The van der Waals surface area contributed by atoms with E-state index in [1.54, 1.807) is 11.8 Å². The van der Waals surface area contributed by atoms with Crippen molar-refractivity contribution < 1.29 is 9.53 Å². The number of nitrogens with one attached hydrogen (secondary N) is 1. The van der Waals surface area contributed by atoms with E-state index >= 15 is 0 Å². The molecule has 3 rings (SSSR count). The minimum atomic E-state index is -0.200. The van der Waals surface area contributed by atoms with Gasteiger partial charge in [-0.3, -0.25) is 0 Å². The zero-order valence-electron chi connectivity index (χ0n) is 12.3. The van der Waals surface area contributed by atoms with Gasteiger partial charge in [0.25, 0.3) is 0 Å². The average molecular weight is 303 g/mol. The van der Waals surface area contributed by atoms with Gasteiger partial charge in [-0.1, -0.05) is 37.3 Å². The topological polar surface area (TPSA) is 38.3 Å². The van der Waals surface area contributed by atoms with Crippen LogP contribution in [-0.2, 0) is 16.1 Å². The molecule has 0 unspecified atom stereocenters. The maximum Gasteiger partial charge on any atom is 0.329 e. The van der Waals surface area contributed by atoms with Gasteiger partial charge in [0.05, 0.1) is 5.03 Å². The number of thioether (sulfide) groups is 1. The Morgan fingerprint density at radius 2 is 2.10 bits per heavy atom. The number of esters is 1. The molecule has 1 saturated heterocycles. The van der Waals surface area contributed by atoms with Crippen molar-refractivity contribution in [1.29, 1.82) is 0 Å². The van der Waals surface area contributed by atoms with Crippen molar-refractivity contribution in [1.82, 2.24) is 5.32 Å². The Kier molecular flexibility index (Phi) is 4.54. The second-order valence-electron chi connectivity index (χ2n) is 5.58. The Morgan fingerprint density at radius 3 is 2.76 bits per heavy atom. The van der Waals surface area contributed by atoms with Crippen LogP contribution in [-0.4, -0.2) is 17.8 Å². The number of hydrogen-bond donors (Lipinski definition) is 1. The summed E-state index contributed by atoms with van der Waals surface area (Å²) in [6.07, 6.45) is 3.68. The summed E-state index contributed by atoms with van der Waals surface area (Å²) in [4.78, 5) is 12.1. The molecule has 1 N–H and O–H groups in total. The van der Waals surface area contributed by atoms with E-state index in [9.17, 15) is 4.79 Å². The van der Waals surface area contributed by atoms with Gasteiger partial charge in [0.2, 0.25) is 0 Å². The van der Waals surface area contributed by atoms with Gasteiger partial charge in [-0.2, -0.15) is 0 Å². The number of carbonyl (C=O) groups is 1. The van der Waals surface area contributed by atoms with Crippen molar-refractivity contribution in [2.24, 2.45) is 5.92 Å². The standard InChI is InChI=1S/C17H21NO2S/c1-2-14(13-8-9-13)16-18-15(11-21-16)17(19)20-10-12-6-4-3-5-7-12/h3-7,13,15,18H,2,8-11H2,1H3/b16-14-/t15-/m0/s1. The Morgan fingerprint density at radius 1 is 1.33 bits per heavy atom. The molecule has 1 aliphatic carbocycles. The quantitative estimate of drug-likeness (QED) is 0.845. The Balaban J connectivity index is 1.55. The van der Waals surface area contributed by atoms with Gasteiger partial charge in [-0.15, -0.1) is 11.8 Å². The van der Waals surface area contributed by atoms with Crippen LogP contribution in [0.25, 0.3) is 0 Å². The highest BCUT2D eigenvalue weighted by molar-refractivity contribution is 8.03. The molecule has 1 aromatic rings. The fraction of sp³-hybridized carbons (Fsp3) is 0.471. The lowest BCUT2D eigenvalue weighted by Gasteiger charge is -2.12. The third-order valence-electron chi connectivity index (χ3n) is 3.95.